The van der Waals surface area contributed by atoms with E-state index in [0.29, 0.717) is 24.6 Å². The van der Waals surface area contributed by atoms with E-state index >= 15 is 0 Å². The molecule has 26 heavy (non-hydrogen) atoms. The maximum absolute atomic E-state index is 12.3. The molecule has 2 aromatic heterocycles. The molecule has 0 aliphatic carbocycles. The third kappa shape index (κ3) is 4.30. The molecule has 0 spiro atoms. The molecule has 0 saturated heterocycles. The van der Waals surface area contributed by atoms with Gasteiger partial charge in [0, 0.05) is 24.6 Å². The van der Waals surface area contributed by atoms with Crippen molar-refractivity contribution in [3.63, 3.8) is 0 Å². The number of rotatable bonds is 7. The Bertz CT molecular complexity index is 968. The summed E-state index contributed by atoms with van der Waals surface area (Å²) in [5.41, 5.74) is 0.949. The Morgan fingerprint density at radius 3 is 2.92 bits per heavy atom. The second-order valence-electron chi connectivity index (χ2n) is 5.36. The lowest BCUT2D eigenvalue weighted by molar-refractivity contribution is -0.113. The van der Waals surface area contributed by atoms with Crippen LogP contribution in [0.3, 0.4) is 0 Å². The summed E-state index contributed by atoms with van der Waals surface area (Å²) < 4.78 is 14.0. The van der Waals surface area contributed by atoms with E-state index in [1.54, 1.807) is 24.5 Å². The first-order valence-electron chi connectivity index (χ1n) is 8.27. The van der Waals surface area contributed by atoms with Crippen molar-refractivity contribution in [1.29, 1.82) is 0 Å². The van der Waals surface area contributed by atoms with Crippen LogP contribution < -0.4 is 9.54 Å². The molecule has 1 amide bonds. The standard InChI is InChI=1S/C19H20N2O3S2/c1-3-24-15-7-4-8-16-18(15)21(11-12-23-2)19(26-16)20-17(22)10-9-14-6-5-13-25-14/h4-10,13H,3,11-12H2,1-2H3. The number of methoxy groups -OCH3 is 1. The van der Waals surface area contributed by atoms with Gasteiger partial charge in [-0.15, -0.1) is 11.3 Å². The molecule has 0 N–H and O–H groups in total. The second-order valence-corrected chi connectivity index (χ2v) is 7.35. The Morgan fingerprint density at radius 2 is 2.19 bits per heavy atom. The predicted octanol–water partition coefficient (Wildman–Crippen LogP) is 3.95. The fraction of sp³-hybridized carbons (Fsp3) is 0.263. The van der Waals surface area contributed by atoms with Gasteiger partial charge >= 0.3 is 0 Å². The minimum absolute atomic E-state index is 0.283. The molecule has 7 heteroatoms. The molecule has 3 aromatic rings. The number of nitrogens with zero attached hydrogens (tertiary/aromatic N) is 2. The summed E-state index contributed by atoms with van der Waals surface area (Å²) in [6.07, 6.45) is 3.29. The summed E-state index contributed by atoms with van der Waals surface area (Å²) in [6, 6.07) is 9.81. The largest absolute Gasteiger partial charge is 0.492 e. The van der Waals surface area contributed by atoms with Crippen LogP contribution >= 0.6 is 22.7 Å². The molecule has 3 rings (SSSR count). The molecular formula is C19H20N2O3S2. The van der Waals surface area contributed by atoms with Crippen LogP contribution in [0.25, 0.3) is 16.3 Å². The highest BCUT2D eigenvalue weighted by Crippen LogP contribution is 2.27. The lowest BCUT2D eigenvalue weighted by Crippen LogP contribution is -2.19. The molecule has 0 radical (unpaired) electrons. The predicted molar refractivity (Wildman–Crippen MR) is 107 cm³/mol. The quantitative estimate of drug-likeness (QED) is 0.576. The summed E-state index contributed by atoms with van der Waals surface area (Å²) in [5, 5.41) is 1.97. The number of carbonyl (C=O) groups excluding carboxylic acids is 1. The molecule has 136 valence electrons. The Morgan fingerprint density at radius 1 is 1.31 bits per heavy atom. The first kappa shape index (κ1) is 18.6. The summed E-state index contributed by atoms with van der Waals surface area (Å²) >= 11 is 3.05. The van der Waals surface area contributed by atoms with Gasteiger partial charge in [0.25, 0.3) is 5.91 Å². The highest BCUT2D eigenvalue weighted by molar-refractivity contribution is 7.16. The molecule has 0 aliphatic heterocycles. The van der Waals surface area contributed by atoms with Gasteiger partial charge in [0.05, 0.1) is 17.9 Å². The summed E-state index contributed by atoms with van der Waals surface area (Å²) in [4.78, 5) is 18.3. The number of carbonyl (C=O) groups is 1. The normalized spacial score (nSPS) is 12.3. The van der Waals surface area contributed by atoms with E-state index in [1.165, 1.54) is 17.4 Å². The number of hydrogen-bond donors (Lipinski definition) is 0. The third-order valence-electron chi connectivity index (χ3n) is 3.62. The summed E-state index contributed by atoms with van der Waals surface area (Å²) in [5.74, 6) is 0.509. The molecule has 1 aromatic carbocycles. The van der Waals surface area contributed by atoms with Gasteiger partial charge in [0.2, 0.25) is 0 Å². The smallest absolute Gasteiger partial charge is 0.272 e. The molecule has 0 bridgehead atoms. The van der Waals surface area contributed by atoms with Gasteiger partial charge in [-0.25, -0.2) is 0 Å². The number of hydrogen-bond acceptors (Lipinski definition) is 5. The first-order valence-corrected chi connectivity index (χ1v) is 9.97. The van der Waals surface area contributed by atoms with Crippen LogP contribution in [0.5, 0.6) is 5.75 Å². The fourth-order valence-corrected chi connectivity index (χ4v) is 4.21. The number of fused-ring (bicyclic) bond motifs is 1. The fourth-order valence-electron chi connectivity index (χ4n) is 2.52. The highest BCUT2D eigenvalue weighted by atomic mass is 32.1. The van der Waals surface area contributed by atoms with Crippen molar-refractivity contribution in [2.24, 2.45) is 4.99 Å². The van der Waals surface area contributed by atoms with E-state index in [-0.39, 0.29) is 5.91 Å². The molecule has 0 fully saturated rings. The van der Waals surface area contributed by atoms with Gasteiger partial charge in [0.1, 0.15) is 11.3 Å². The van der Waals surface area contributed by atoms with Gasteiger partial charge in [-0.1, -0.05) is 23.5 Å². The minimum Gasteiger partial charge on any atom is -0.492 e. The number of amides is 1. The number of ether oxygens (including phenoxy) is 2. The van der Waals surface area contributed by atoms with Crippen LogP contribution in [0.15, 0.2) is 46.8 Å². The number of thiophene rings is 1. The van der Waals surface area contributed by atoms with Gasteiger partial charge in [-0.2, -0.15) is 4.99 Å². The zero-order valence-corrected chi connectivity index (χ0v) is 16.3. The van der Waals surface area contributed by atoms with Gasteiger partial charge in [-0.05, 0) is 36.6 Å². The SMILES string of the molecule is CCOc1cccc2sc(=NC(=O)C=Cc3cccs3)n(CCOC)c12. The Hall–Kier alpha value is -2.22. The van der Waals surface area contributed by atoms with Crippen LogP contribution in [0.1, 0.15) is 11.8 Å². The van der Waals surface area contributed by atoms with Crippen LogP contribution in [-0.2, 0) is 16.1 Å². The Labute approximate surface area is 159 Å². The van der Waals surface area contributed by atoms with Crippen molar-refractivity contribution in [3.8, 4) is 5.75 Å². The molecule has 0 aliphatic rings. The summed E-state index contributed by atoms with van der Waals surface area (Å²) in [6.45, 7) is 3.66. The molecular weight excluding hydrogens is 368 g/mol. The van der Waals surface area contributed by atoms with E-state index in [9.17, 15) is 4.79 Å². The maximum Gasteiger partial charge on any atom is 0.272 e. The van der Waals surface area contributed by atoms with Crippen molar-refractivity contribution < 1.29 is 14.3 Å². The van der Waals surface area contributed by atoms with Crippen LogP contribution in [-0.4, -0.2) is 30.8 Å². The molecule has 5 nitrogen and oxygen atoms in total. The summed E-state index contributed by atoms with van der Waals surface area (Å²) in [7, 11) is 1.66. The lowest BCUT2D eigenvalue weighted by Gasteiger charge is -2.09. The second kappa shape index (κ2) is 8.93. The zero-order valence-electron chi connectivity index (χ0n) is 14.7. The van der Waals surface area contributed by atoms with Gasteiger partial charge in [-0.3, -0.25) is 4.79 Å². The molecule has 0 unspecified atom stereocenters. The van der Waals surface area contributed by atoms with Crippen molar-refractivity contribution in [2.45, 2.75) is 13.5 Å². The molecule has 2 heterocycles. The number of para-hydroxylation sites is 1. The van der Waals surface area contributed by atoms with Gasteiger partial charge in [0.15, 0.2) is 4.80 Å². The van der Waals surface area contributed by atoms with E-state index in [0.717, 1.165) is 20.8 Å². The van der Waals surface area contributed by atoms with Crippen LogP contribution in [0, 0.1) is 0 Å². The van der Waals surface area contributed by atoms with E-state index in [4.69, 9.17) is 9.47 Å². The van der Waals surface area contributed by atoms with Crippen molar-refractivity contribution in [3.05, 3.63) is 51.5 Å². The monoisotopic (exact) mass is 388 g/mol. The van der Waals surface area contributed by atoms with Crippen molar-refractivity contribution in [2.75, 3.05) is 20.3 Å². The highest BCUT2D eigenvalue weighted by Gasteiger charge is 2.12. The third-order valence-corrected chi connectivity index (χ3v) is 5.50. The Kier molecular flexibility index (Phi) is 6.38. The average molecular weight is 389 g/mol. The zero-order chi connectivity index (χ0) is 18.4. The average Bonchev–Trinajstić information content (AvgIpc) is 3.26. The van der Waals surface area contributed by atoms with Crippen LogP contribution in [0.2, 0.25) is 0 Å². The molecule has 0 saturated carbocycles. The van der Waals surface area contributed by atoms with Crippen LogP contribution in [0.4, 0.5) is 0 Å². The topological polar surface area (TPSA) is 52.8 Å². The lowest BCUT2D eigenvalue weighted by atomic mass is 10.3. The van der Waals surface area contributed by atoms with Crippen molar-refractivity contribution in [1.82, 2.24) is 4.57 Å². The number of aromatic nitrogens is 1. The number of thiazole rings is 1. The first-order chi connectivity index (χ1) is 12.7. The number of benzene rings is 1. The Balaban J connectivity index is 2.03. The molecule has 0 atom stereocenters. The minimum atomic E-state index is -0.283. The van der Waals surface area contributed by atoms with E-state index in [2.05, 4.69) is 4.99 Å². The van der Waals surface area contributed by atoms with Crippen molar-refractivity contribution >= 4 is 44.9 Å². The van der Waals surface area contributed by atoms with Gasteiger partial charge < -0.3 is 14.0 Å². The van der Waals surface area contributed by atoms with E-state index in [1.807, 2.05) is 47.2 Å². The maximum atomic E-state index is 12.3. The van der Waals surface area contributed by atoms with E-state index < -0.39 is 0 Å².